The Morgan fingerprint density at radius 1 is 1.67 bits per heavy atom. The molecular formula is C8H8NO3. The lowest BCUT2D eigenvalue weighted by Crippen LogP contribution is -1.92. The van der Waals surface area contributed by atoms with Gasteiger partial charge in [0.15, 0.2) is 0 Å². The van der Waals surface area contributed by atoms with Crippen molar-refractivity contribution in [2.75, 3.05) is 6.61 Å². The predicted molar refractivity (Wildman–Crippen MR) is 43.1 cm³/mol. The minimum absolute atomic E-state index is 0.0431. The zero-order valence-electron chi connectivity index (χ0n) is 6.61. The second-order valence-electron chi connectivity index (χ2n) is 2.10. The Labute approximate surface area is 69.9 Å². The highest BCUT2D eigenvalue weighted by Gasteiger charge is 2.03. The third kappa shape index (κ3) is 1.95. The molecule has 0 aliphatic heterocycles. The topological polar surface area (TPSA) is 52.4 Å². The van der Waals surface area contributed by atoms with Gasteiger partial charge in [0.05, 0.1) is 17.6 Å². The highest BCUT2D eigenvalue weighted by Crippen LogP contribution is 2.15. The minimum atomic E-state index is -0.490. The molecule has 0 aliphatic carbocycles. The van der Waals surface area contributed by atoms with Crippen LogP contribution in [-0.2, 0) is 0 Å². The Morgan fingerprint density at radius 3 is 2.83 bits per heavy atom. The van der Waals surface area contributed by atoms with Crippen LogP contribution in [0.3, 0.4) is 0 Å². The van der Waals surface area contributed by atoms with Gasteiger partial charge < -0.3 is 4.74 Å². The maximum absolute atomic E-state index is 10.2. The van der Waals surface area contributed by atoms with E-state index in [1.807, 2.05) is 6.92 Å². The molecular weight excluding hydrogens is 158 g/mol. The first-order valence-corrected chi connectivity index (χ1v) is 3.53. The van der Waals surface area contributed by atoms with E-state index in [4.69, 9.17) is 4.74 Å². The van der Waals surface area contributed by atoms with Crippen LogP contribution in [0.2, 0.25) is 0 Å². The number of rotatable bonds is 3. The summed E-state index contributed by atoms with van der Waals surface area (Å²) in [5, 5.41) is 10.2. The lowest BCUT2D eigenvalue weighted by Gasteiger charge is -1.99. The smallest absolute Gasteiger partial charge is 0.277 e. The Hall–Kier alpha value is -1.58. The number of nitro groups is 1. The van der Waals surface area contributed by atoms with E-state index >= 15 is 0 Å². The lowest BCUT2D eigenvalue weighted by molar-refractivity contribution is -0.385. The van der Waals surface area contributed by atoms with Gasteiger partial charge in [-0.25, -0.2) is 0 Å². The number of ether oxygens (including phenoxy) is 1. The van der Waals surface area contributed by atoms with E-state index in [-0.39, 0.29) is 5.69 Å². The molecule has 63 valence electrons. The Balaban J connectivity index is 2.78. The summed E-state index contributed by atoms with van der Waals surface area (Å²) in [4.78, 5) is 9.71. The van der Waals surface area contributed by atoms with Gasteiger partial charge >= 0.3 is 0 Å². The van der Waals surface area contributed by atoms with E-state index in [9.17, 15) is 10.1 Å². The standard InChI is InChI=1S/C8H8NO3/c1-2-12-8-5-3-7(4-6-8)9(10)11/h3,5-6H,2H2,1H3. The van der Waals surface area contributed by atoms with Gasteiger partial charge in [0, 0.05) is 6.07 Å². The molecule has 1 rings (SSSR count). The summed E-state index contributed by atoms with van der Waals surface area (Å²) in [6, 6.07) is 6.88. The molecule has 0 spiro atoms. The first-order chi connectivity index (χ1) is 5.74. The first-order valence-electron chi connectivity index (χ1n) is 3.53. The van der Waals surface area contributed by atoms with E-state index in [0.717, 1.165) is 0 Å². The van der Waals surface area contributed by atoms with Crippen molar-refractivity contribution < 1.29 is 9.66 Å². The number of nitro benzene ring substituents is 1. The maximum Gasteiger partial charge on any atom is 0.277 e. The molecule has 0 atom stereocenters. The first kappa shape index (κ1) is 8.52. The van der Waals surface area contributed by atoms with E-state index < -0.39 is 4.92 Å². The molecule has 1 aromatic rings. The third-order valence-electron chi connectivity index (χ3n) is 1.28. The second kappa shape index (κ2) is 3.71. The molecule has 0 heterocycles. The van der Waals surface area contributed by atoms with Crippen molar-refractivity contribution in [3.63, 3.8) is 0 Å². The van der Waals surface area contributed by atoms with Gasteiger partial charge in [-0.05, 0) is 19.1 Å². The molecule has 0 saturated carbocycles. The molecule has 0 unspecified atom stereocenters. The second-order valence-corrected chi connectivity index (χ2v) is 2.10. The SMILES string of the molecule is CCOc1c[c]c([N+](=O)[O-])cc1. The van der Waals surface area contributed by atoms with Gasteiger partial charge in [0.25, 0.3) is 5.69 Å². The molecule has 4 heteroatoms. The molecule has 1 aromatic carbocycles. The van der Waals surface area contributed by atoms with Crippen LogP contribution >= 0.6 is 0 Å². The largest absolute Gasteiger partial charge is 0.494 e. The minimum Gasteiger partial charge on any atom is -0.494 e. The van der Waals surface area contributed by atoms with E-state index in [2.05, 4.69) is 6.07 Å². The summed E-state index contributed by atoms with van der Waals surface area (Å²) in [6.07, 6.45) is 0. The van der Waals surface area contributed by atoms with Gasteiger partial charge in [0.1, 0.15) is 5.75 Å². The lowest BCUT2D eigenvalue weighted by atomic mass is 10.3. The van der Waals surface area contributed by atoms with Crippen molar-refractivity contribution in [3.05, 3.63) is 34.4 Å². The van der Waals surface area contributed by atoms with Crippen LogP contribution in [0.4, 0.5) is 5.69 Å². The van der Waals surface area contributed by atoms with Crippen molar-refractivity contribution in [1.29, 1.82) is 0 Å². The van der Waals surface area contributed by atoms with Gasteiger partial charge in [-0.3, -0.25) is 10.1 Å². The van der Waals surface area contributed by atoms with Crippen LogP contribution in [0.25, 0.3) is 0 Å². The number of non-ortho nitro benzene ring substituents is 1. The van der Waals surface area contributed by atoms with Crippen molar-refractivity contribution in [1.82, 2.24) is 0 Å². The summed E-state index contributed by atoms with van der Waals surface area (Å²) in [6.45, 7) is 2.40. The van der Waals surface area contributed by atoms with Crippen LogP contribution in [0.1, 0.15) is 6.92 Å². The van der Waals surface area contributed by atoms with E-state index in [1.165, 1.54) is 12.1 Å². The molecule has 1 radical (unpaired) electrons. The molecule has 0 aromatic heterocycles. The van der Waals surface area contributed by atoms with Crippen LogP contribution in [0, 0.1) is 16.2 Å². The number of hydrogen-bond donors (Lipinski definition) is 0. The van der Waals surface area contributed by atoms with Crippen molar-refractivity contribution in [2.24, 2.45) is 0 Å². The third-order valence-corrected chi connectivity index (χ3v) is 1.28. The predicted octanol–water partition coefficient (Wildman–Crippen LogP) is 1.79. The van der Waals surface area contributed by atoms with Crippen LogP contribution in [-0.4, -0.2) is 11.5 Å². The molecule has 0 fully saturated rings. The normalized spacial score (nSPS) is 9.42. The summed E-state index contributed by atoms with van der Waals surface area (Å²) < 4.78 is 5.09. The summed E-state index contributed by atoms with van der Waals surface area (Å²) in [7, 11) is 0. The molecule has 0 bridgehead atoms. The molecule has 4 nitrogen and oxygen atoms in total. The van der Waals surface area contributed by atoms with Crippen molar-refractivity contribution in [3.8, 4) is 5.75 Å². The molecule has 12 heavy (non-hydrogen) atoms. The summed E-state index contributed by atoms with van der Waals surface area (Å²) in [5.41, 5.74) is -0.0431. The molecule has 0 aliphatic rings. The van der Waals surface area contributed by atoms with Gasteiger partial charge in [0.2, 0.25) is 0 Å². The molecule has 0 N–H and O–H groups in total. The Morgan fingerprint density at radius 2 is 2.42 bits per heavy atom. The Bertz CT molecular complexity index is 268. The van der Waals surface area contributed by atoms with Gasteiger partial charge in [-0.15, -0.1) is 0 Å². The number of hydrogen-bond acceptors (Lipinski definition) is 3. The highest BCUT2D eigenvalue weighted by molar-refractivity contribution is 5.34. The average Bonchev–Trinajstić information content (AvgIpc) is 2.06. The fourth-order valence-corrected chi connectivity index (χ4v) is 0.772. The number of benzene rings is 1. The zero-order valence-corrected chi connectivity index (χ0v) is 6.61. The molecule has 0 saturated heterocycles. The van der Waals surface area contributed by atoms with E-state index in [0.29, 0.717) is 12.4 Å². The zero-order chi connectivity index (χ0) is 8.97. The summed E-state index contributed by atoms with van der Waals surface area (Å²) in [5.74, 6) is 0.600. The maximum atomic E-state index is 10.2. The fraction of sp³-hybridized carbons (Fsp3) is 0.250. The Kier molecular flexibility index (Phi) is 2.63. The average molecular weight is 166 g/mol. The van der Waals surface area contributed by atoms with Crippen LogP contribution < -0.4 is 4.74 Å². The van der Waals surface area contributed by atoms with Crippen LogP contribution in [0.15, 0.2) is 18.2 Å². The monoisotopic (exact) mass is 166 g/mol. The van der Waals surface area contributed by atoms with Gasteiger partial charge in [-0.1, -0.05) is 0 Å². The van der Waals surface area contributed by atoms with Crippen molar-refractivity contribution in [2.45, 2.75) is 6.92 Å². The summed E-state index contributed by atoms with van der Waals surface area (Å²) >= 11 is 0. The van der Waals surface area contributed by atoms with Crippen molar-refractivity contribution >= 4 is 5.69 Å². The quantitative estimate of drug-likeness (QED) is 0.508. The molecule has 0 amide bonds. The van der Waals surface area contributed by atoms with Crippen LogP contribution in [0.5, 0.6) is 5.75 Å². The number of nitrogens with zero attached hydrogens (tertiary/aromatic N) is 1. The highest BCUT2D eigenvalue weighted by atomic mass is 16.6. The van der Waals surface area contributed by atoms with E-state index in [1.54, 1.807) is 6.07 Å². The van der Waals surface area contributed by atoms with Gasteiger partial charge in [-0.2, -0.15) is 0 Å². The fourth-order valence-electron chi connectivity index (χ4n) is 0.772.